The summed E-state index contributed by atoms with van der Waals surface area (Å²) in [4.78, 5) is 29.2. The predicted octanol–water partition coefficient (Wildman–Crippen LogP) is 1.56. The van der Waals surface area contributed by atoms with Crippen molar-refractivity contribution in [2.45, 2.75) is 19.5 Å². The molecule has 7 heteroatoms. The average molecular weight is 380 g/mol. The lowest BCUT2D eigenvalue weighted by molar-refractivity contribution is 0.289. The number of H-pyrrole nitrogens is 1. The molecule has 3 rings (SSSR count). The maximum Gasteiger partial charge on any atom is 0.330 e. The van der Waals surface area contributed by atoms with Crippen molar-refractivity contribution in [2.24, 2.45) is 0 Å². The van der Waals surface area contributed by atoms with Crippen LogP contribution in [0.5, 0.6) is 0 Å². The van der Waals surface area contributed by atoms with Gasteiger partial charge in [-0.3, -0.25) is 14.3 Å². The smallest absolute Gasteiger partial charge is 0.330 e. The summed E-state index contributed by atoms with van der Waals surface area (Å²) in [6.45, 7) is 1.13. The molecule has 1 aromatic heterocycles. The number of nitrogens with one attached hydrogen (secondary N) is 1. The van der Waals surface area contributed by atoms with E-state index in [0.717, 1.165) is 11.1 Å². The fourth-order valence-corrected chi connectivity index (χ4v) is 3.14. The summed E-state index contributed by atoms with van der Waals surface area (Å²) in [5, 5.41) is 9.26. The van der Waals surface area contributed by atoms with Crippen LogP contribution in [0.15, 0.2) is 70.3 Å². The molecule has 146 valence electrons. The first-order valence-corrected chi connectivity index (χ1v) is 9.16. The molecular formula is C21H24N4O3. The van der Waals surface area contributed by atoms with Crippen LogP contribution in [0.3, 0.4) is 0 Å². The van der Waals surface area contributed by atoms with Crippen molar-refractivity contribution >= 4 is 11.5 Å². The summed E-state index contributed by atoms with van der Waals surface area (Å²) >= 11 is 0. The normalized spacial score (nSPS) is 10.8. The van der Waals surface area contributed by atoms with Gasteiger partial charge in [0.05, 0.1) is 6.54 Å². The first-order valence-electron chi connectivity index (χ1n) is 9.16. The zero-order valence-electron chi connectivity index (χ0n) is 15.5. The number of aliphatic hydroxyl groups excluding tert-OH is 1. The zero-order valence-corrected chi connectivity index (χ0v) is 15.5. The number of rotatable bonds is 8. The molecule has 2 aromatic carbocycles. The molecule has 0 aliphatic carbocycles. The van der Waals surface area contributed by atoms with Gasteiger partial charge < -0.3 is 15.7 Å². The third-order valence-corrected chi connectivity index (χ3v) is 4.52. The summed E-state index contributed by atoms with van der Waals surface area (Å²) in [5.74, 6) is 0.117. The molecule has 0 amide bonds. The molecule has 0 spiro atoms. The van der Waals surface area contributed by atoms with Crippen LogP contribution in [0.4, 0.5) is 11.5 Å². The summed E-state index contributed by atoms with van der Waals surface area (Å²) in [6, 6.07) is 19.1. The van der Waals surface area contributed by atoms with Crippen LogP contribution in [0, 0.1) is 0 Å². The first-order chi connectivity index (χ1) is 13.6. The number of nitrogens with two attached hydrogens (primary N) is 1. The number of aliphatic hydroxyl groups is 1. The van der Waals surface area contributed by atoms with Crippen LogP contribution < -0.4 is 21.9 Å². The Labute approximate surface area is 162 Å². The molecule has 3 aromatic rings. The van der Waals surface area contributed by atoms with Crippen molar-refractivity contribution < 1.29 is 5.11 Å². The van der Waals surface area contributed by atoms with E-state index >= 15 is 0 Å². The molecular weight excluding hydrogens is 356 g/mol. The molecule has 0 fully saturated rings. The number of hydrogen-bond acceptors (Lipinski definition) is 5. The minimum atomic E-state index is -0.545. The van der Waals surface area contributed by atoms with E-state index in [1.54, 1.807) is 4.90 Å². The Bertz CT molecular complexity index is 1010. The minimum Gasteiger partial charge on any atom is -0.396 e. The fourth-order valence-electron chi connectivity index (χ4n) is 3.14. The van der Waals surface area contributed by atoms with Gasteiger partial charge in [-0.15, -0.1) is 0 Å². The molecule has 0 radical (unpaired) electrons. The topological polar surface area (TPSA) is 104 Å². The molecule has 0 atom stereocenters. The van der Waals surface area contributed by atoms with E-state index < -0.39 is 11.2 Å². The van der Waals surface area contributed by atoms with E-state index in [-0.39, 0.29) is 24.7 Å². The first kappa shape index (κ1) is 19.4. The van der Waals surface area contributed by atoms with Gasteiger partial charge in [-0.25, -0.2) is 4.79 Å². The van der Waals surface area contributed by atoms with Crippen LogP contribution in [0.2, 0.25) is 0 Å². The number of hydrogen-bond donors (Lipinski definition) is 3. The van der Waals surface area contributed by atoms with Crippen molar-refractivity contribution in [3.05, 3.63) is 92.6 Å². The summed E-state index contributed by atoms with van der Waals surface area (Å²) in [7, 11) is 0. The van der Waals surface area contributed by atoms with Crippen LogP contribution in [-0.4, -0.2) is 27.8 Å². The van der Waals surface area contributed by atoms with Crippen molar-refractivity contribution in [1.29, 1.82) is 0 Å². The Morgan fingerprint density at radius 2 is 1.57 bits per heavy atom. The Balaban J connectivity index is 2.02. The largest absolute Gasteiger partial charge is 0.396 e. The van der Waals surface area contributed by atoms with Gasteiger partial charge in [0, 0.05) is 19.7 Å². The SMILES string of the molecule is Nc1c(N(CCCO)Cc2ccccc2)c(=O)[nH]c(=O)n1Cc1ccccc1. The summed E-state index contributed by atoms with van der Waals surface area (Å²) in [5.41, 5.74) is 7.37. The monoisotopic (exact) mass is 380 g/mol. The second kappa shape index (κ2) is 9.05. The highest BCUT2D eigenvalue weighted by Gasteiger charge is 2.19. The van der Waals surface area contributed by atoms with Crippen molar-refractivity contribution in [3.8, 4) is 0 Å². The predicted molar refractivity (Wildman–Crippen MR) is 110 cm³/mol. The quantitative estimate of drug-likeness (QED) is 0.550. The summed E-state index contributed by atoms with van der Waals surface area (Å²) < 4.78 is 1.36. The number of aromatic amines is 1. The Kier molecular flexibility index (Phi) is 6.29. The zero-order chi connectivity index (χ0) is 19.9. The number of anilines is 2. The fraction of sp³-hybridized carbons (Fsp3) is 0.238. The molecule has 28 heavy (non-hydrogen) atoms. The van der Waals surface area contributed by atoms with Crippen molar-refractivity contribution in [1.82, 2.24) is 9.55 Å². The Morgan fingerprint density at radius 1 is 0.964 bits per heavy atom. The van der Waals surface area contributed by atoms with Crippen LogP contribution in [0.1, 0.15) is 17.5 Å². The Hall–Kier alpha value is -3.32. The lowest BCUT2D eigenvalue weighted by atomic mass is 10.2. The molecule has 0 saturated carbocycles. The van der Waals surface area contributed by atoms with Gasteiger partial charge >= 0.3 is 5.69 Å². The third-order valence-electron chi connectivity index (χ3n) is 4.52. The number of nitrogen functional groups attached to an aromatic ring is 1. The van der Waals surface area contributed by atoms with E-state index in [1.165, 1.54) is 4.57 Å². The van der Waals surface area contributed by atoms with E-state index in [4.69, 9.17) is 5.73 Å². The van der Waals surface area contributed by atoms with E-state index in [2.05, 4.69) is 4.98 Å². The van der Waals surface area contributed by atoms with Crippen LogP contribution >= 0.6 is 0 Å². The molecule has 0 bridgehead atoms. The standard InChI is InChI=1S/C21H24N4O3/c22-19-18(24(12-7-13-26)14-16-8-3-1-4-9-16)20(27)23-21(28)25(19)15-17-10-5-2-6-11-17/h1-6,8-11,26H,7,12-15,22H2,(H,23,27,28). The van der Waals surface area contributed by atoms with Gasteiger partial charge in [0.2, 0.25) is 0 Å². The van der Waals surface area contributed by atoms with Gasteiger partial charge in [0.1, 0.15) is 11.5 Å². The van der Waals surface area contributed by atoms with Crippen LogP contribution in [0.25, 0.3) is 0 Å². The maximum atomic E-state index is 12.6. The second-order valence-electron chi connectivity index (χ2n) is 6.55. The molecule has 4 N–H and O–H groups in total. The molecule has 1 heterocycles. The number of nitrogens with zero attached hydrogens (tertiary/aromatic N) is 2. The molecule has 0 aliphatic rings. The molecule has 7 nitrogen and oxygen atoms in total. The number of aromatic nitrogens is 2. The van der Waals surface area contributed by atoms with Crippen LogP contribution in [-0.2, 0) is 13.1 Å². The van der Waals surface area contributed by atoms with Gasteiger partial charge in [0.15, 0.2) is 0 Å². The second-order valence-corrected chi connectivity index (χ2v) is 6.55. The van der Waals surface area contributed by atoms with Gasteiger partial charge in [-0.1, -0.05) is 60.7 Å². The van der Waals surface area contributed by atoms with Gasteiger partial charge in [-0.05, 0) is 17.5 Å². The van der Waals surface area contributed by atoms with Crippen molar-refractivity contribution in [2.75, 3.05) is 23.8 Å². The van der Waals surface area contributed by atoms with Gasteiger partial charge in [-0.2, -0.15) is 0 Å². The number of benzene rings is 2. The highest BCUT2D eigenvalue weighted by Crippen LogP contribution is 2.20. The summed E-state index contributed by atoms with van der Waals surface area (Å²) in [6.07, 6.45) is 0.476. The molecule has 0 unspecified atom stereocenters. The van der Waals surface area contributed by atoms with E-state index in [1.807, 2.05) is 60.7 Å². The Morgan fingerprint density at radius 3 is 2.18 bits per heavy atom. The lowest BCUT2D eigenvalue weighted by Crippen LogP contribution is -2.39. The highest BCUT2D eigenvalue weighted by molar-refractivity contribution is 5.62. The highest BCUT2D eigenvalue weighted by atomic mass is 16.3. The minimum absolute atomic E-state index is 0.00719. The average Bonchev–Trinajstić information content (AvgIpc) is 2.70. The maximum absolute atomic E-state index is 12.6. The lowest BCUT2D eigenvalue weighted by Gasteiger charge is -2.26. The van der Waals surface area contributed by atoms with Gasteiger partial charge in [0.25, 0.3) is 5.56 Å². The molecule has 0 saturated heterocycles. The van der Waals surface area contributed by atoms with E-state index in [9.17, 15) is 14.7 Å². The van der Waals surface area contributed by atoms with Crippen molar-refractivity contribution in [3.63, 3.8) is 0 Å². The molecule has 0 aliphatic heterocycles. The third kappa shape index (κ3) is 4.50. The van der Waals surface area contributed by atoms with E-state index in [0.29, 0.717) is 19.5 Å².